The van der Waals surface area contributed by atoms with E-state index in [-0.39, 0.29) is 18.0 Å². The fourth-order valence-corrected chi connectivity index (χ4v) is 1.63. The average molecular weight is 208 g/mol. The van der Waals surface area contributed by atoms with Crippen LogP contribution in [0, 0.1) is 11.7 Å². The second-order valence-corrected chi connectivity index (χ2v) is 3.66. The molecule has 1 nitrogen and oxygen atoms in total. The van der Waals surface area contributed by atoms with Crippen LogP contribution in [0.25, 0.3) is 5.57 Å². The summed E-state index contributed by atoms with van der Waals surface area (Å²) in [4.78, 5) is 10.4. The highest BCUT2D eigenvalue weighted by molar-refractivity contribution is 5.87. The molecule has 78 valence electrons. The van der Waals surface area contributed by atoms with E-state index in [1.54, 1.807) is 0 Å². The van der Waals surface area contributed by atoms with Gasteiger partial charge in [0, 0.05) is 5.57 Å². The van der Waals surface area contributed by atoms with E-state index in [4.69, 9.17) is 0 Å². The van der Waals surface area contributed by atoms with Crippen LogP contribution in [0.3, 0.4) is 0 Å². The summed E-state index contributed by atoms with van der Waals surface area (Å²) in [5.74, 6) is -0.967. The summed E-state index contributed by atoms with van der Waals surface area (Å²) >= 11 is 0. The maximum Gasteiger partial charge on any atom is 0.178 e. The van der Waals surface area contributed by atoms with Crippen molar-refractivity contribution in [1.82, 2.24) is 0 Å². The highest BCUT2D eigenvalue weighted by Gasteiger charge is 2.29. The molecule has 1 aliphatic rings. The molecule has 0 spiro atoms. The molecular weight excluding hydrogens is 198 g/mol. The molecule has 1 aliphatic carbocycles. The summed E-state index contributed by atoms with van der Waals surface area (Å²) in [6.07, 6.45) is 2.01. The van der Waals surface area contributed by atoms with Gasteiger partial charge in [0.25, 0.3) is 0 Å². The summed E-state index contributed by atoms with van der Waals surface area (Å²) in [5.41, 5.74) is 1.02. The Balaban J connectivity index is 2.41. The lowest BCUT2D eigenvalue weighted by molar-refractivity contribution is -0.106. The number of rotatable bonds is 3. The minimum atomic E-state index is -0.732. The number of halogens is 2. The summed E-state index contributed by atoms with van der Waals surface area (Å²) in [6, 6.07) is 5.56. The zero-order valence-corrected chi connectivity index (χ0v) is 8.04. The third kappa shape index (κ3) is 2.12. The predicted octanol–water partition coefficient (Wildman–Crippen LogP) is 3.12. The minimum Gasteiger partial charge on any atom is -0.295 e. The zero-order chi connectivity index (χ0) is 10.8. The number of carbonyl (C=O) groups excluding carboxylic acids is 1. The largest absolute Gasteiger partial charge is 0.295 e. The van der Waals surface area contributed by atoms with Crippen molar-refractivity contribution < 1.29 is 13.6 Å². The molecule has 0 radical (unpaired) electrons. The average Bonchev–Trinajstić information content (AvgIpc) is 3.05. The van der Waals surface area contributed by atoms with Crippen LogP contribution in [0.4, 0.5) is 8.78 Å². The lowest BCUT2D eigenvalue weighted by Gasteiger charge is -2.05. The van der Waals surface area contributed by atoms with Gasteiger partial charge in [0.1, 0.15) is 5.82 Å². The third-order valence-electron chi connectivity index (χ3n) is 2.50. The molecule has 0 unspecified atom stereocenters. The minimum absolute atomic E-state index is 0.126. The first-order valence-corrected chi connectivity index (χ1v) is 4.83. The maximum atomic E-state index is 13.3. The molecule has 1 aromatic rings. The fourth-order valence-electron chi connectivity index (χ4n) is 1.63. The van der Waals surface area contributed by atoms with Gasteiger partial charge in [-0.1, -0.05) is 12.1 Å². The Kier molecular flexibility index (Phi) is 2.62. The number of hydrogen-bond donors (Lipinski definition) is 0. The van der Waals surface area contributed by atoms with E-state index in [1.165, 1.54) is 24.3 Å². The SMILES string of the molecule is O=C/C(F)=C(/c1ccc(F)cc1)C1CC1. The summed E-state index contributed by atoms with van der Waals surface area (Å²) < 4.78 is 26.0. The second kappa shape index (κ2) is 3.93. The van der Waals surface area contributed by atoms with Crippen molar-refractivity contribution in [2.45, 2.75) is 12.8 Å². The first kappa shape index (κ1) is 10.0. The topological polar surface area (TPSA) is 17.1 Å². The molecular formula is C12H10F2O. The molecule has 2 rings (SSSR count). The highest BCUT2D eigenvalue weighted by atomic mass is 19.1. The standard InChI is InChI=1S/C12H10F2O/c13-10-5-3-9(4-6-10)12(8-1-2-8)11(14)7-15/h3-8H,1-2H2/b12-11-. The molecule has 1 aromatic carbocycles. The molecule has 0 heterocycles. The van der Waals surface area contributed by atoms with Gasteiger partial charge in [0.15, 0.2) is 12.1 Å². The van der Waals surface area contributed by atoms with Crippen LogP contribution in [0.1, 0.15) is 18.4 Å². The Labute approximate surface area is 86.4 Å². The Hall–Kier alpha value is -1.51. The first-order valence-electron chi connectivity index (χ1n) is 4.83. The molecule has 0 aliphatic heterocycles. The van der Waals surface area contributed by atoms with Gasteiger partial charge in [0.05, 0.1) is 0 Å². The van der Waals surface area contributed by atoms with Crippen molar-refractivity contribution in [3.63, 3.8) is 0 Å². The molecule has 0 atom stereocenters. The lowest BCUT2D eigenvalue weighted by Crippen LogP contribution is -1.92. The monoisotopic (exact) mass is 208 g/mol. The van der Waals surface area contributed by atoms with Crippen molar-refractivity contribution in [2.75, 3.05) is 0 Å². The quantitative estimate of drug-likeness (QED) is 0.551. The van der Waals surface area contributed by atoms with E-state index in [0.717, 1.165) is 12.8 Å². The van der Waals surface area contributed by atoms with E-state index in [0.29, 0.717) is 11.1 Å². The summed E-state index contributed by atoms with van der Waals surface area (Å²) in [5, 5.41) is 0. The van der Waals surface area contributed by atoms with E-state index in [1.807, 2.05) is 0 Å². The fraction of sp³-hybridized carbons (Fsp3) is 0.250. The first-order chi connectivity index (χ1) is 7.22. The molecule has 0 aromatic heterocycles. The second-order valence-electron chi connectivity index (χ2n) is 3.66. The summed E-state index contributed by atoms with van der Waals surface area (Å²) in [7, 11) is 0. The van der Waals surface area contributed by atoms with E-state index in [2.05, 4.69) is 0 Å². The highest BCUT2D eigenvalue weighted by Crippen LogP contribution is 2.43. The van der Waals surface area contributed by atoms with Crippen molar-refractivity contribution in [1.29, 1.82) is 0 Å². The van der Waals surface area contributed by atoms with E-state index >= 15 is 0 Å². The lowest BCUT2D eigenvalue weighted by atomic mass is 10.0. The molecule has 0 bridgehead atoms. The number of aldehydes is 1. The number of benzene rings is 1. The number of carbonyl (C=O) groups is 1. The van der Waals surface area contributed by atoms with Gasteiger partial charge in [-0.25, -0.2) is 8.78 Å². The molecule has 0 saturated heterocycles. The van der Waals surface area contributed by atoms with Crippen molar-refractivity contribution >= 4 is 11.9 Å². The Bertz CT molecular complexity index is 402. The van der Waals surface area contributed by atoms with Gasteiger partial charge in [0.2, 0.25) is 0 Å². The van der Waals surface area contributed by atoms with Crippen LogP contribution in [0.5, 0.6) is 0 Å². The zero-order valence-electron chi connectivity index (χ0n) is 8.04. The number of hydrogen-bond acceptors (Lipinski definition) is 1. The van der Waals surface area contributed by atoms with E-state index in [9.17, 15) is 13.6 Å². The van der Waals surface area contributed by atoms with E-state index < -0.39 is 5.83 Å². The smallest absolute Gasteiger partial charge is 0.178 e. The van der Waals surface area contributed by atoms with Crippen LogP contribution in [0.15, 0.2) is 30.1 Å². The third-order valence-corrected chi connectivity index (χ3v) is 2.50. The molecule has 3 heteroatoms. The van der Waals surface area contributed by atoms with Gasteiger partial charge in [-0.15, -0.1) is 0 Å². The molecule has 0 amide bonds. The van der Waals surface area contributed by atoms with Crippen LogP contribution in [-0.2, 0) is 4.79 Å². The van der Waals surface area contributed by atoms with Crippen molar-refractivity contribution in [3.05, 3.63) is 41.5 Å². The normalized spacial score (nSPS) is 17.2. The van der Waals surface area contributed by atoms with Gasteiger partial charge in [-0.2, -0.15) is 0 Å². The summed E-state index contributed by atoms with van der Waals surface area (Å²) in [6.45, 7) is 0. The van der Waals surface area contributed by atoms with Gasteiger partial charge < -0.3 is 0 Å². The predicted molar refractivity (Wildman–Crippen MR) is 53.2 cm³/mol. The molecule has 1 saturated carbocycles. The van der Waals surface area contributed by atoms with Crippen LogP contribution >= 0.6 is 0 Å². The Morgan fingerprint density at radius 2 is 1.87 bits per heavy atom. The van der Waals surface area contributed by atoms with Crippen LogP contribution in [-0.4, -0.2) is 6.29 Å². The van der Waals surface area contributed by atoms with Crippen molar-refractivity contribution in [2.24, 2.45) is 5.92 Å². The maximum absolute atomic E-state index is 13.3. The van der Waals surface area contributed by atoms with Gasteiger partial charge >= 0.3 is 0 Å². The number of allylic oxidation sites excluding steroid dienone is 2. The van der Waals surface area contributed by atoms with Crippen LogP contribution < -0.4 is 0 Å². The van der Waals surface area contributed by atoms with Crippen LogP contribution in [0.2, 0.25) is 0 Å². The van der Waals surface area contributed by atoms with Crippen molar-refractivity contribution in [3.8, 4) is 0 Å². The molecule has 0 N–H and O–H groups in total. The van der Waals surface area contributed by atoms with Gasteiger partial charge in [-0.05, 0) is 36.5 Å². The van der Waals surface area contributed by atoms with Gasteiger partial charge in [-0.3, -0.25) is 4.79 Å². The molecule has 1 fully saturated rings. The molecule has 15 heavy (non-hydrogen) atoms. The Morgan fingerprint density at radius 3 is 2.33 bits per heavy atom. The Morgan fingerprint density at radius 1 is 1.27 bits per heavy atom.